The Bertz CT molecular complexity index is 1000. The fourth-order valence-electron chi connectivity index (χ4n) is 2.49. The minimum atomic E-state index is -1.56. The van der Waals surface area contributed by atoms with Gasteiger partial charge in [-0.3, -0.25) is 4.79 Å². The van der Waals surface area contributed by atoms with Gasteiger partial charge < -0.3 is 0 Å². The molecule has 0 fully saturated rings. The number of aromatic nitrogens is 1. The van der Waals surface area contributed by atoms with Crippen molar-refractivity contribution in [2.75, 3.05) is 0 Å². The number of benzene rings is 2. The molecule has 3 aromatic rings. The average molecular weight is 344 g/mol. The minimum absolute atomic E-state index is 0.0295. The van der Waals surface area contributed by atoms with Crippen LogP contribution in [-0.4, -0.2) is 18.8 Å². The van der Waals surface area contributed by atoms with E-state index in [2.05, 4.69) is 36.1 Å². The first-order valence-electron chi connectivity index (χ1n) is 8.38. The Hall–Kier alpha value is -2.70. The summed E-state index contributed by atoms with van der Waals surface area (Å²) in [6, 6.07) is 17.4. The normalized spacial score (nSPS) is 11.0. The van der Waals surface area contributed by atoms with Crippen molar-refractivity contribution in [2.45, 2.75) is 26.6 Å². The van der Waals surface area contributed by atoms with E-state index in [0.717, 1.165) is 16.5 Å². The molecule has 124 valence electrons. The first kappa shape index (κ1) is 17.1. The van der Waals surface area contributed by atoms with Crippen molar-refractivity contribution < 1.29 is 4.79 Å². The average Bonchev–Trinajstić information content (AvgIpc) is 2.58. The van der Waals surface area contributed by atoms with E-state index in [1.807, 2.05) is 61.5 Å². The SMILES string of the molecule is Cc1ccc(C(=O)c2cc3ccccc3nc2C#C[Si](C)(C)C)cc1. The molecule has 0 amide bonds. The highest BCUT2D eigenvalue weighted by atomic mass is 28.3. The highest BCUT2D eigenvalue weighted by Gasteiger charge is 2.16. The predicted octanol–water partition coefficient (Wildman–Crippen LogP) is 5.00. The molecule has 0 saturated carbocycles. The molecule has 0 aliphatic heterocycles. The van der Waals surface area contributed by atoms with E-state index in [4.69, 9.17) is 0 Å². The first-order valence-corrected chi connectivity index (χ1v) is 11.9. The summed E-state index contributed by atoms with van der Waals surface area (Å²) in [5.74, 6) is 3.16. The summed E-state index contributed by atoms with van der Waals surface area (Å²) in [5, 5.41) is 0.955. The number of nitrogens with zero attached hydrogens (tertiary/aromatic N) is 1. The maximum absolute atomic E-state index is 13.1. The van der Waals surface area contributed by atoms with Gasteiger partial charge in [-0.25, -0.2) is 4.98 Å². The summed E-state index contributed by atoms with van der Waals surface area (Å²) < 4.78 is 0. The molecule has 0 aliphatic rings. The van der Waals surface area contributed by atoms with Crippen LogP contribution < -0.4 is 0 Å². The highest BCUT2D eigenvalue weighted by molar-refractivity contribution is 6.83. The highest BCUT2D eigenvalue weighted by Crippen LogP contribution is 2.20. The second-order valence-electron chi connectivity index (χ2n) is 7.27. The fraction of sp³-hybridized carbons (Fsp3) is 0.182. The van der Waals surface area contributed by atoms with Gasteiger partial charge in [0, 0.05) is 10.9 Å². The third-order valence-electron chi connectivity index (χ3n) is 3.84. The lowest BCUT2D eigenvalue weighted by Crippen LogP contribution is -2.16. The van der Waals surface area contributed by atoms with Gasteiger partial charge in [0.25, 0.3) is 0 Å². The van der Waals surface area contributed by atoms with Crippen LogP contribution in [0.1, 0.15) is 27.2 Å². The zero-order valence-corrected chi connectivity index (χ0v) is 16.1. The van der Waals surface area contributed by atoms with E-state index in [0.29, 0.717) is 16.8 Å². The Morgan fingerprint density at radius 2 is 1.68 bits per heavy atom. The van der Waals surface area contributed by atoms with E-state index in [1.165, 1.54) is 0 Å². The number of hydrogen-bond donors (Lipinski definition) is 0. The zero-order valence-electron chi connectivity index (χ0n) is 15.1. The van der Waals surface area contributed by atoms with Crippen molar-refractivity contribution in [2.24, 2.45) is 0 Å². The Morgan fingerprint density at radius 3 is 2.36 bits per heavy atom. The number of ketones is 1. The first-order chi connectivity index (χ1) is 11.8. The quantitative estimate of drug-likeness (QED) is 0.372. The molecule has 0 radical (unpaired) electrons. The standard InChI is InChI=1S/C22H21NOSi/c1-16-9-11-17(12-10-16)22(24)19-15-18-7-5-6-8-20(18)23-21(19)13-14-25(2,3)4/h5-12,15H,1-4H3. The third-order valence-corrected chi connectivity index (χ3v) is 4.71. The molecule has 0 unspecified atom stereocenters. The number of pyridine rings is 1. The van der Waals surface area contributed by atoms with Gasteiger partial charge in [0.1, 0.15) is 13.8 Å². The minimum Gasteiger partial charge on any atom is -0.289 e. The maximum atomic E-state index is 13.1. The number of rotatable bonds is 2. The molecule has 0 aliphatic carbocycles. The molecular formula is C22H21NOSi. The molecular weight excluding hydrogens is 322 g/mol. The van der Waals surface area contributed by atoms with Crippen LogP contribution in [0.4, 0.5) is 0 Å². The maximum Gasteiger partial charge on any atom is 0.195 e. The van der Waals surface area contributed by atoms with E-state index in [1.54, 1.807) is 0 Å². The molecule has 1 heterocycles. The van der Waals surface area contributed by atoms with Crippen LogP contribution in [0, 0.1) is 18.4 Å². The lowest BCUT2D eigenvalue weighted by atomic mass is 9.99. The van der Waals surface area contributed by atoms with E-state index >= 15 is 0 Å². The number of carbonyl (C=O) groups is 1. The van der Waals surface area contributed by atoms with Crippen LogP contribution >= 0.6 is 0 Å². The molecule has 2 aromatic carbocycles. The molecule has 0 N–H and O–H groups in total. The summed E-state index contributed by atoms with van der Waals surface area (Å²) in [5.41, 5.74) is 7.15. The van der Waals surface area contributed by atoms with Gasteiger partial charge in [0.05, 0.1) is 11.1 Å². The Balaban J connectivity index is 2.18. The van der Waals surface area contributed by atoms with Crippen LogP contribution in [-0.2, 0) is 0 Å². The summed E-state index contributed by atoms with van der Waals surface area (Å²) in [6.07, 6.45) is 0. The zero-order chi connectivity index (χ0) is 18.0. The third kappa shape index (κ3) is 4.04. The van der Waals surface area contributed by atoms with E-state index < -0.39 is 8.07 Å². The number of aryl methyl sites for hydroxylation is 1. The van der Waals surface area contributed by atoms with Gasteiger partial charge in [-0.05, 0) is 19.1 Å². The van der Waals surface area contributed by atoms with Crippen LogP contribution in [0.25, 0.3) is 10.9 Å². The van der Waals surface area contributed by atoms with Crippen molar-refractivity contribution in [1.82, 2.24) is 4.98 Å². The molecule has 0 atom stereocenters. The monoisotopic (exact) mass is 343 g/mol. The Kier molecular flexibility index (Phi) is 4.56. The van der Waals surface area contributed by atoms with Crippen molar-refractivity contribution in [3.8, 4) is 11.5 Å². The number of fused-ring (bicyclic) bond motifs is 1. The van der Waals surface area contributed by atoms with Crippen molar-refractivity contribution in [1.29, 1.82) is 0 Å². The fourth-order valence-corrected chi connectivity index (χ4v) is 2.98. The lowest BCUT2D eigenvalue weighted by Gasteiger charge is -2.08. The predicted molar refractivity (Wildman–Crippen MR) is 107 cm³/mol. The van der Waals surface area contributed by atoms with Gasteiger partial charge in [0.2, 0.25) is 0 Å². The van der Waals surface area contributed by atoms with Crippen molar-refractivity contribution in [3.63, 3.8) is 0 Å². The van der Waals surface area contributed by atoms with Gasteiger partial charge >= 0.3 is 0 Å². The summed E-state index contributed by atoms with van der Waals surface area (Å²) >= 11 is 0. The number of para-hydroxylation sites is 1. The molecule has 0 bridgehead atoms. The number of hydrogen-bond acceptors (Lipinski definition) is 2. The Morgan fingerprint density at radius 1 is 1.00 bits per heavy atom. The van der Waals surface area contributed by atoms with Crippen LogP contribution in [0.15, 0.2) is 54.6 Å². The smallest absolute Gasteiger partial charge is 0.195 e. The largest absolute Gasteiger partial charge is 0.289 e. The molecule has 1 aromatic heterocycles. The van der Waals surface area contributed by atoms with Crippen LogP contribution in [0.3, 0.4) is 0 Å². The van der Waals surface area contributed by atoms with Crippen molar-refractivity contribution >= 4 is 24.8 Å². The molecule has 0 saturated heterocycles. The van der Waals surface area contributed by atoms with Crippen molar-refractivity contribution in [3.05, 3.63) is 77.0 Å². The van der Waals surface area contributed by atoms with Crippen LogP contribution in [0.5, 0.6) is 0 Å². The second-order valence-corrected chi connectivity index (χ2v) is 12.0. The topological polar surface area (TPSA) is 30.0 Å². The molecule has 3 rings (SSSR count). The lowest BCUT2D eigenvalue weighted by molar-refractivity contribution is 0.103. The molecule has 25 heavy (non-hydrogen) atoms. The number of carbonyl (C=O) groups excluding carboxylic acids is 1. The summed E-state index contributed by atoms with van der Waals surface area (Å²) in [6.45, 7) is 8.56. The molecule has 3 heteroatoms. The van der Waals surface area contributed by atoms with Gasteiger partial charge in [-0.2, -0.15) is 0 Å². The second kappa shape index (κ2) is 6.66. The molecule has 0 spiro atoms. The van der Waals surface area contributed by atoms with Gasteiger partial charge in [0.15, 0.2) is 5.78 Å². The van der Waals surface area contributed by atoms with Gasteiger partial charge in [-0.1, -0.05) is 73.6 Å². The van der Waals surface area contributed by atoms with E-state index in [9.17, 15) is 4.79 Å². The van der Waals surface area contributed by atoms with Gasteiger partial charge in [-0.15, -0.1) is 5.54 Å². The summed E-state index contributed by atoms with van der Waals surface area (Å²) in [7, 11) is -1.56. The Labute approximate surface area is 149 Å². The van der Waals surface area contributed by atoms with E-state index in [-0.39, 0.29) is 5.78 Å². The van der Waals surface area contributed by atoms with Crippen LogP contribution in [0.2, 0.25) is 19.6 Å². The molecule has 2 nitrogen and oxygen atoms in total. The summed E-state index contributed by atoms with van der Waals surface area (Å²) in [4.78, 5) is 17.7.